The Kier molecular flexibility index (Phi) is 6.61. The maximum absolute atomic E-state index is 13.1. The Labute approximate surface area is 160 Å². The van der Waals surface area contributed by atoms with Crippen LogP contribution in [0.2, 0.25) is 0 Å². The van der Waals surface area contributed by atoms with Crippen LogP contribution in [-0.4, -0.2) is 60.4 Å². The lowest BCUT2D eigenvalue weighted by Crippen LogP contribution is -2.58. The molecule has 5 nitrogen and oxygen atoms in total. The van der Waals surface area contributed by atoms with E-state index in [-0.39, 0.29) is 23.7 Å². The third kappa shape index (κ3) is 4.75. The minimum absolute atomic E-state index is 0.0695. The summed E-state index contributed by atoms with van der Waals surface area (Å²) in [6.45, 7) is 6.65. The Morgan fingerprint density at radius 1 is 1.15 bits per heavy atom. The molecule has 0 radical (unpaired) electrons. The number of nitrogens with one attached hydrogen (secondary N) is 1. The predicted molar refractivity (Wildman–Crippen MR) is 103 cm³/mol. The van der Waals surface area contributed by atoms with Crippen molar-refractivity contribution in [2.24, 2.45) is 5.92 Å². The van der Waals surface area contributed by atoms with Crippen molar-refractivity contribution in [3.8, 4) is 0 Å². The summed E-state index contributed by atoms with van der Waals surface area (Å²) in [6, 6.07) is 5.53. The molecule has 3 rings (SSSR count). The molecule has 1 saturated carbocycles. The zero-order valence-corrected chi connectivity index (χ0v) is 15.7. The first-order valence-corrected chi connectivity index (χ1v) is 9.77. The lowest BCUT2D eigenvalue weighted by molar-refractivity contribution is -0.129. The van der Waals surface area contributed by atoms with Crippen LogP contribution in [-0.2, 0) is 4.79 Å². The van der Waals surface area contributed by atoms with Gasteiger partial charge in [-0.15, -0.1) is 6.58 Å². The minimum atomic E-state index is -0.346. The molecule has 1 N–H and O–H groups in total. The fraction of sp³-hybridized carbons (Fsp3) is 0.524. The van der Waals surface area contributed by atoms with Crippen molar-refractivity contribution in [3.05, 3.63) is 48.3 Å². The summed E-state index contributed by atoms with van der Waals surface area (Å²) in [4.78, 5) is 29.4. The number of rotatable bonds is 6. The van der Waals surface area contributed by atoms with E-state index in [0.29, 0.717) is 44.2 Å². The summed E-state index contributed by atoms with van der Waals surface area (Å²) >= 11 is 0. The monoisotopic (exact) mass is 373 g/mol. The van der Waals surface area contributed by atoms with Gasteiger partial charge in [0, 0.05) is 38.3 Å². The van der Waals surface area contributed by atoms with Crippen LogP contribution < -0.4 is 5.32 Å². The van der Waals surface area contributed by atoms with Gasteiger partial charge < -0.3 is 10.2 Å². The standard InChI is InChI=1S/C21H28FN3O2/c1-2-11-23-20(26)19(16-5-3-4-6-16)24-12-14-25(15-13-24)21(27)17-7-9-18(22)10-8-17/h2,7-10,16,19H,1,3-6,11-15H2,(H,23,26). The topological polar surface area (TPSA) is 52.7 Å². The van der Waals surface area contributed by atoms with E-state index in [0.717, 1.165) is 12.8 Å². The molecule has 0 aromatic heterocycles. The van der Waals surface area contributed by atoms with E-state index < -0.39 is 0 Å². The van der Waals surface area contributed by atoms with Crippen LogP contribution in [0.3, 0.4) is 0 Å². The van der Waals surface area contributed by atoms with Crippen LogP contribution in [0.1, 0.15) is 36.0 Å². The van der Waals surface area contributed by atoms with Gasteiger partial charge in [-0.2, -0.15) is 0 Å². The van der Waals surface area contributed by atoms with Crippen molar-refractivity contribution in [3.63, 3.8) is 0 Å². The highest BCUT2D eigenvalue weighted by Gasteiger charge is 2.37. The number of carbonyl (C=O) groups is 2. The third-order valence-electron chi connectivity index (χ3n) is 5.62. The van der Waals surface area contributed by atoms with Crippen LogP contribution in [0.5, 0.6) is 0 Å². The molecule has 1 heterocycles. The highest BCUT2D eigenvalue weighted by atomic mass is 19.1. The van der Waals surface area contributed by atoms with Gasteiger partial charge in [-0.05, 0) is 43.0 Å². The molecule has 1 aliphatic heterocycles. The molecule has 1 aromatic carbocycles. The zero-order chi connectivity index (χ0) is 19.2. The second-order valence-corrected chi connectivity index (χ2v) is 7.36. The van der Waals surface area contributed by atoms with Crippen molar-refractivity contribution >= 4 is 11.8 Å². The van der Waals surface area contributed by atoms with Crippen molar-refractivity contribution in [1.82, 2.24) is 15.1 Å². The van der Waals surface area contributed by atoms with Gasteiger partial charge in [0.1, 0.15) is 5.82 Å². The van der Waals surface area contributed by atoms with Gasteiger partial charge in [-0.1, -0.05) is 18.9 Å². The fourth-order valence-corrected chi connectivity index (χ4v) is 4.21. The average molecular weight is 373 g/mol. The van der Waals surface area contributed by atoms with Crippen LogP contribution in [0, 0.1) is 11.7 Å². The SMILES string of the molecule is C=CCNC(=O)C(C1CCCC1)N1CCN(C(=O)c2ccc(F)cc2)CC1. The van der Waals surface area contributed by atoms with Crippen LogP contribution in [0.4, 0.5) is 4.39 Å². The normalized spacial score (nSPS) is 19.7. The minimum Gasteiger partial charge on any atom is -0.351 e. The Balaban J connectivity index is 1.62. The molecule has 1 aliphatic carbocycles. The van der Waals surface area contributed by atoms with Crippen molar-refractivity contribution < 1.29 is 14.0 Å². The lowest BCUT2D eigenvalue weighted by atomic mass is 9.95. The zero-order valence-electron chi connectivity index (χ0n) is 15.7. The molecule has 2 amide bonds. The van der Waals surface area contributed by atoms with E-state index in [4.69, 9.17) is 0 Å². The molecule has 2 fully saturated rings. The second kappa shape index (κ2) is 9.13. The highest BCUT2D eigenvalue weighted by molar-refractivity contribution is 5.94. The summed E-state index contributed by atoms with van der Waals surface area (Å²) in [5, 5.41) is 2.96. The average Bonchev–Trinajstić information content (AvgIpc) is 3.21. The maximum atomic E-state index is 13.1. The van der Waals surface area contributed by atoms with E-state index in [9.17, 15) is 14.0 Å². The van der Waals surface area contributed by atoms with Crippen LogP contribution in [0.15, 0.2) is 36.9 Å². The molecule has 146 valence electrons. The maximum Gasteiger partial charge on any atom is 0.253 e. The number of nitrogens with zero attached hydrogens (tertiary/aromatic N) is 2. The van der Waals surface area contributed by atoms with Crippen molar-refractivity contribution in [1.29, 1.82) is 0 Å². The molecular weight excluding hydrogens is 345 g/mol. The largest absolute Gasteiger partial charge is 0.351 e. The Hall–Kier alpha value is -2.21. The third-order valence-corrected chi connectivity index (χ3v) is 5.62. The van der Waals surface area contributed by atoms with E-state index in [1.54, 1.807) is 11.0 Å². The number of piperazine rings is 1. The molecule has 1 unspecified atom stereocenters. The molecule has 0 spiro atoms. The Bertz CT molecular complexity index is 663. The van der Waals surface area contributed by atoms with Gasteiger partial charge in [0.2, 0.25) is 5.91 Å². The molecule has 27 heavy (non-hydrogen) atoms. The summed E-state index contributed by atoms with van der Waals surface area (Å²) in [6.07, 6.45) is 6.22. The van der Waals surface area contributed by atoms with Crippen LogP contribution in [0.25, 0.3) is 0 Å². The number of amides is 2. The first-order chi connectivity index (χ1) is 13.1. The molecule has 6 heteroatoms. The number of hydrogen-bond donors (Lipinski definition) is 1. The smallest absolute Gasteiger partial charge is 0.253 e. The van der Waals surface area contributed by atoms with Gasteiger partial charge in [0.05, 0.1) is 6.04 Å². The first-order valence-electron chi connectivity index (χ1n) is 9.77. The van der Waals surface area contributed by atoms with E-state index in [1.165, 1.54) is 37.1 Å². The van der Waals surface area contributed by atoms with Gasteiger partial charge in [0.15, 0.2) is 0 Å². The van der Waals surface area contributed by atoms with E-state index in [2.05, 4.69) is 16.8 Å². The summed E-state index contributed by atoms with van der Waals surface area (Å²) in [5.74, 6) is 0.0266. The van der Waals surface area contributed by atoms with Crippen molar-refractivity contribution in [2.45, 2.75) is 31.7 Å². The molecule has 1 atom stereocenters. The number of halogens is 1. The summed E-state index contributed by atoms with van der Waals surface area (Å²) in [5.41, 5.74) is 0.501. The predicted octanol–water partition coefficient (Wildman–Crippen LogP) is 2.44. The van der Waals surface area contributed by atoms with Gasteiger partial charge in [0.25, 0.3) is 5.91 Å². The fourth-order valence-electron chi connectivity index (χ4n) is 4.21. The first kappa shape index (κ1) is 19.5. The van der Waals surface area contributed by atoms with Crippen molar-refractivity contribution in [2.75, 3.05) is 32.7 Å². The molecule has 1 aromatic rings. The lowest BCUT2D eigenvalue weighted by Gasteiger charge is -2.40. The van der Waals surface area contributed by atoms with Crippen LogP contribution >= 0.6 is 0 Å². The summed E-state index contributed by atoms with van der Waals surface area (Å²) < 4.78 is 13.1. The van der Waals surface area contributed by atoms with E-state index >= 15 is 0 Å². The Morgan fingerprint density at radius 3 is 2.37 bits per heavy atom. The highest BCUT2D eigenvalue weighted by Crippen LogP contribution is 2.31. The Morgan fingerprint density at radius 2 is 1.78 bits per heavy atom. The molecule has 1 saturated heterocycles. The van der Waals surface area contributed by atoms with Gasteiger partial charge in [-0.25, -0.2) is 4.39 Å². The number of carbonyl (C=O) groups excluding carboxylic acids is 2. The van der Waals surface area contributed by atoms with Gasteiger partial charge in [-0.3, -0.25) is 14.5 Å². The second-order valence-electron chi connectivity index (χ2n) is 7.36. The molecule has 2 aliphatic rings. The molecule has 0 bridgehead atoms. The number of hydrogen-bond acceptors (Lipinski definition) is 3. The van der Waals surface area contributed by atoms with Gasteiger partial charge >= 0.3 is 0 Å². The van der Waals surface area contributed by atoms with E-state index in [1.807, 2.05) is 0 Å². The molecular formula is C21H28FN3O2. The number of benzene rings is 1. The quantitative estimate of drug-likeness (QED) is 0.780. The summed E-state index contributed by atoms with van der Waals surface area (Å²) in [7, 11) is 0.